The van der Waals surface area contributed by atoms with Gasteiger partial charge in [0.05, 0.1) is 12.7 Å². The smallest absolute Gasteiger partial charge is 0.254 e. The standard InChI is InChI=1S/C15H17N3O3/c19-13-8-14(20)17-15(16-13)12-10-18(6-7-21-12)9-11-4-2-1-3-5-11/h1-5,8,12H,6-7,9-10H2,(H2,16,17,19,20). The van der Waals surface area contributed by atoms with Gasteiger partial charge in [0.25, 0.3) is 5.56 Å². The van der Waals surface area contributed by atoms with E-state index in [1.54, 1.807) is 0 Å². The molecule has 1 unspecified atom stereocenters. The first-order valence-electron chi connectivity index (χ1n) is 6.89. The lowest BCUT2D eigenvalue weighted by Crippen LogP contribution is -2.38. The summed E-state index contributed by atoms with van der Waals surface area (Å²) >= 11 is 0. The molecule has 110 valence electrons. The second-order valence-corrected chi connectivity index (χ2v) is 5.07. The molecule has 0 radical (unpaired) electrons. The van der Waals surface area contributed by atoms with Crippen LogP contribution in [-0.4, -0.2) is 39.7 Å². The number of morpholine rings is 1. The zero-order valence-electron chi connectivity index (χ0n) is 11.5. The number of nitrogens with one attached hydrogen (secondary N) is 1. The van der Waals surface area contributed by atoms with Gasteiger partial charge in [-0.15, -0.1) is 0 Å². The molecule has 21 heavy (non-hydrogen) atoms. The highest BCUT2D eigenvalue weighted by molar-refractivity contribution is 5.15. The number of ether oxygens (including phenoxy) is 1. The Labute approximate surface area is 122 Å². The summed E-state index contributed by atoms with van der Waals surface area (Å²) in [6, 6.07) is 11.2. The van der Waals surface area contributed by atoms with Crippen molar-refractivity contribution in [3.05, 3.63) is 58.1 Å². The Morgan fingerprint density at radius 2 is 2.19 bits per heavy atom. The van der Waals surface area contributed by atoms with Crippen LogP contribution in [0.15, 0.2) is 41.2 Å². The molecule has 0 bridgehead atoms. The van der Waals surface area contributed by atoms with Gasteiger partial charge in [-0.25, -0.2) is 0 Å². The molecule has 1 saturated heterocycles. The van der Waals surface area contributed by atoms with E-state index in [4.69, 9.17) is 4.74 Å². The van der Waals surface area contributed by atoms with Gasteiger partial charge in [0.2, 0.25) is 5.88 Å². The largest absolute Gasteiger partial charge is 0.493 e. The van der Waals surface area contributed by atoms with Crippen LogP contribution in [0.5, 0.6) is 5.88 Å². The molecule has 1 aromatic carbocycles. The molecule has 1 atom stereocenters. The van der Waals surface area contributed by atoms with Crippen molar-refractivity contribution in [3.8, 4) is 5.88 Å². The highest BCUT2D eigenvalue weighted by Crippen LogP contribution is 2.20. The van der Waals surface area contributed by atoms with Crippen LogP contribution in [0.25, 0.3) is 0 Å². The van der Waals surface area contributed by atoms with Gasteiger partial charge in [-0.05, 0) is 5.56 Å². The van der Waals surface area contributed by atoms with E-state index >= 15 is 0 Å². The molecule has 2 aromatic rings. The van der Waals surface area contributed by atoms with Crippen LogP contribution in [0.3, 0.4) is 0 Å². The quantitative estimate of drug-likeness (QED) is 0.882. The first-order chi connectivity index (χ1) is 10.2. The number of aromatic amines is 1. The van der Waals surface area contributed by atoms with Crippen LogP contribution in [-0.2, 0) is 11.3 Å². The lowest BCUT2D eigenvalue weighted by molar-refractivity contribution is -0.0375. The maximum atomic E-state index is 11.4. The molecule has 3 rings (SSSR count). The summed E-state index contributed by atoms with van der Waals surface area (Å²) < 4.78 is 5.66. The Morgan fingerprint density at radius 1 is 1.38 bits per heavy atom. The molecule has 2 N–H and O–H groups in total. The maximum Gasteiger partial charge on any atom is 0.254 e. The van der Waals surface area contributed by atoms with Crippen molar-refractivity contribution >= 4 is 0 Å². The molecule has 1 aliphatic heterocycles. The van der Waals surface area contributed by atoms with Gasteiger partial charge in [-0.1, -0.05) is 30.3 Å². The van der Waals surface area contributed by atoms with E-state index in [9.17, 15) is 9.90 Å². The van der Waals surface area contributed by atoms with Gasteiger partial charge in [-0.2, -0.15) is 4.98 Å². The van der Waals surface area contributed by atoms with Gasteiger partial charge in [0.1, 0.15) is 11.9 Å². The van der Waals surface area contributed by atoms with Crippen molar-refractivity contribution in [2.45, 2.75) is 12.6 Å². The molecular formula is C15H17N3O3. The predicted octanol–water partition coefficient (Wildman–Crippen LogP) is 1.05. The predicted molar refractivity (Wildman–Crippen MR) is 76.9 cm³/mol. The molecule has 6 heteroatoms. The van der Waals surface area contributed by atoms with Crippen molar-refractivity contribution in [1.29, 1.82) is 0 Å². The fourth-order valence-electron chi connectivity index (χ4n) is 2.47. The van der Waals surface area contributed by atoms with Gasteiger partial charge in [0.15, 0.2) is 0 Å². The molecule has 1 aliphatic rings. The highest BCUT2D eigenvalue weighted by atomic mass is 16.5. The zero-order chi connectivity index (χ0) is 14.7. The van der Waals surface area contributed by atoms with Crippen LogP contribution in [0.4, 0.5) is 0 Å². The molecule has 0 aliphatic carbocycles. The molecular weight excluding hydrogens is 270 g/mol. The van der Waals surface area contributed by atoms with Crippen LogP contribution < -0.4 is 5.56 Å². The number of nitrogens with zero attached hydrogens (tertiary/aromatic N) is 2. The van der Waals surface area contributed by atoms with Crippen molar-refractivity contribution in [2.75, 3.05) is 19.7 Å². The molecule has 1 aromatic heterocycles. The van der Waals surface area contributed by atoms with Crippen LogP contribution in [0.1, 0.15) is 17.5 Å². The van der Waals surface area contributed by atoms with Gasteiger partial charge in [-0.3, -0.25) is 9.69 Å². The third-order valence-corrected chi connectivity index (χ3v) is 3.45. The number of aromatic hydroxyl groups is 1. The van der Waals surface area contributed by atoms with E-state index in [1.807, 2.05) is 18.2 Å². The number of benzene rings is 1. The molecule has 2 heterocycles. The summed E-state index contributed by atoms with van der Waals surface area (Å²) in [5.41, 5.74) is 0.858. The number of aromatic nitrogens is 2. The minimum absolute atomic E-state index is 0.280. The maximum absolute atomic E-state index is 11.4. The molecule has 1 fully saturated rings. The van der Waals surface area contributed by atoms with E-state index in [1.165, 1.54) is 5.56 Å². The van der Waals surface area contributed by atoms with Gasteiger partial charge in [0, 0.05) is 19.6 Å². The van der Waals surface area contributed by atoms with Gasteiger partial charge < -0.3 is 14.8 Å². The SMILES string of the molecule is O=c1cc(O)nc(C2CN(Cc3ccccc3)CCO2)[nH]1. The monoisotopic (exact) mass is 287 g/mol. The summed E-state index contributed by atoms with van der Waals surface area (Å²) in [6.07, 6.45) is -0.331. The average Bonchev–Trinajstić information content (AvgIpc) is 2.47. The van der Waals surface area contributed by atoms with E-state index in [0.717, 1.165) is 19.2 Å². The molecule has 6 nitrogen and oxygen atoms in total. The molecule has 0 spiro atoms. The molecule has 0 amide bonds. The minimum Gasteiger partial charge on any atom is -0.493 e. The third-order valence-electron chi connectivity index (χ3n) is 3.45. The second-order valence-electron chi connectivity index (χ2n) is 5.07. The summed E-state index contributed by atoms with van der Waals surface area (Å²) in [4.78, 5) is 20.2. The van der Waals surface area contributed by atoms with E-state index in [-0.39, 0.29) is 17.5 Å². The Morgan fingerprint density at radius 3 is 2.95 bits per heavy atom. The van der Waals surface area contributed by atoms with Crippen LogP contribution >= 0.6 is 0 Å². The van der Waals surface area contributed by atoms with Crippen molar-refractivity contribution in [2.24, 2.45) is 0 Å². The van der Waals surface area contributed by atoms with Crippen LogP contribution in [0.2, 0.25) is 0 Å². The Bertz CT molecular complexity index is 657. The van der Waals surface area contributed by atoms with Crippen LogP contribution in [0, 0.1) is 0 Å². The first kappa shape index (κ1) is 13.8. The van der Waals surface area contributed by atoms with Crippen molar-refractivity contribution < 1.29 is 9.84 Å². The fourth-order valence-corrected chi connectivity index (χ4v) is 2.47. The average molecular weight is 287 g/mol. The van der Waals surface area contributed by atoms with E-state index in [2.05, 4.69) is 27.0 Å². The van der Waals surface area contributed by atoms with E-state index < -0.39 is 0 Å². The summed E-state index contributed by atoms with van der Waals surface area (Å²) in [7, 11) is 0. The van der Waals surface area contributed by atoms with Gasteiger partial charge >= 0.3 is 0 Å². The second kappa shape index (κ2) is 6.07. The summed E-state index contributed by atoms with van der Waals surface area (Å²) in [5, 5.41) is 9.43. The highest BCUT2D eigenvalue weighted by Gasteiger charge is 2.24. The summed E-state index contributed by atoms with van der Waals surface area (Å²) in [5.74, 6) is 0.0929. The Hall–Kier alpha value is -2.18. The Kier molecular flexibility index (Phi) is 3.98. The topological polar surface area (TPSA) is 78.4 Å². The fraction of sp³-hybridized carbons (Fsp3) is 0.333. The first-order valence-corrected chi connectivity index (χ1v) is 6.89. The zero-order valence-corrected chi connectivity index (χ0v) is 11.5. The van der Waals surface area contributed by atoms with Crippen molar-refractivity contribution in [3.63, 3.8) is 0 Å². The number of hydrogen-bond donors (Lipinski definition) is 2. The Balaban J connectivity index is 1.72. The minimum atomic E-state index is -0.374. The van der Waals surface area contributed by atoms with E-state index in [0.29, 0.717) is 19.0 Å². The number of H-pyrrole nitrogens is 1. The lowest BCUT2D eigenvalue weighted by atomic mass is 10.2. The normalized spacial score (nSPS) is 19.5. The number of hydrogen-bond acceptors (Lipinski definition) is 5. The summed E-state index contributed by atoms with van der Waals surface area (Å²) in [6.45, 7) is 2.84. The lowest BCUT2D eigenvalue weighted by Gasteiger charge is -2.32. The molecule has 0 saturated carbocycles. The van der Waals surface area contributed by atoms with Crippen molar-refractivity contribution in [1.82, 2.24) is 14.9 Å². The number of rotatable bonds is 3. The third kappa shape index (κ3) is 3.48.